The van der Waals surface area contributed by atoms with Crippen LogP contribution in [0, 0.1) is 0 Å². The van der Waals surface area contributed by atoms with Crippen molar-refractivity contribution in [3.8, 4) is 0 Å². The van der Waals surface area contributed by atoms with Crippen LogP contribution in [0.15, 0.2) is 5.10 Å². The quantitative estimate of drug-likeness (QED) is 0.358. The predicted molar refractivity (Wildman–Crippen MR) is 19.7 cm³/mol. The first-order valence-corrected chi connectivity index (χ1v) is 1.78. The lowest BCUT2D eigenvalue weighted by Gasteiger charge is -1.69. The number of hydrogen-bond acceptors (Lipinski definition) is 2. The van der Waals surface area contributed by atoms with E-state index in [9.17, 15) is 0 Å². The zero-order chi connectivity index (χ0) is 3.98. The van der Waals surface area contributed by atoms with E-state index in [2.05, 4.69) is 5.10 Å². The SMILES string of the molecule is C1=N[N+]2=CC2O1. The Bertz CT molecular complexity index is 138. The molecule has 2 aliphatic rings. The van der Waals surface area contributed by atoms with Gasteiger partial charge in [-0.25, -0.2) is 0 Å². The Hall–Kier alpha value is -0.860. The first-order chi connectivity index (χ1) is 2.97. The van der Waals surface area contributed by atoms with Crippen molar-refractivity contribution in [3.05, 3.63) is 0 Å². The average molecular weight is 83.1 g/mol. The van der Waals surface area contributed by atoms with E-state index in [1.54, 1.807) is 4.68 Å². The molecule has 0 fully saturated rings. The molecule has 0 spiro atoms. The standard InChI is InChI=1S/C3H3N2O/c1-3-5(1)4-2-6-3/h1-3H/q+1. The molecular weight excluding hydrogens is 80.0 g/mol. The van der Waals surface area contributed by atoms with Crippen LogP contribution < -0.4 is 0 Å². The molecule has 0 saturated carbocycles. The number of fused-ring (bicyclic) bond motifs is 1. The third kappa shape index (κ3) is 0.116. The van der Waals surface area contributed by atoms with E-state index < -0.39 is 0 Å². The zero-order valence-corrected chi connectivity index (χ0v) is 3.03. The van der Waals surface area contributed by atoms with Crippen molar-refractivity contribution in [1.82, 2.24) is 0 Å². The number of hydrazone groups is 1. The molecule has 0 saturated heterocycles. The van der Waals surface area contributed by atoms with Crippen molar-refractivity contribution >= 4 is 12.6 Å². The van der Waals surface area contributed by atoms with Crippen LogP contribution in [-0.4, -0.2) is 23.5 Å². The second-order valence-corrected chi connectivity index (χ2v) is 1.28. The van der Waals surface area contributed by atoms with Gasteiger partial charge < -0.3 is 4.74 Å². The first kappa shape index (κ1) is 2.34. The molecule has 0 N–H and O–H groups in total. The monoisotopic (exact) mass is 83.0 g/mol. The molecule has 2 rings (SSSR count). The fourth-order valence-electron chi connectivity index (χ4n) is 0.438. The maximum atomic E-state index is 4.81. The van der Waals surface area contributed by atoms with Gasteiger partial charge in [-0.2, -0.15) is 0 Å². The van der Waals surface area contributed by atoms with Crippen molar-refractivity contribution in [3.63, 3.8) is 0 Å². The summed E-state index contributed by atoms with van der Waals surface area (Å²) in [5.74, 6) is 0. The molecule has 0 radical (unpaired) electrons. The molecule has 1 unspecified atom stereocenters. The average Bonchev–Trinajstić information content (AvgIpc) is 2.17. The summed E-state index contributed by atoms with van der Waals surface area (Å²) in [4.78, 5) is 0. The molecule has 0 aromatic rings. The minimum Gasteiger partial charge on any atom is -0.407 e. The highest BCUT2D eigenvalue weighted by molar-refractivity contribution is 5.69. The minimum atomic E-state index is 0.199. The maximum Gasteiger partial charge on any atom is 0.408 e. The van der Waals surface area contributed by atoms with Gasteiger partial charge in [-0.15, -0.1) is 0 Å². The first-order valence-electron chi connectivity index (χ1n) is 1.78. The maximum absolute atomic E-state index is 4.81. The van der Waals surface area contributed by atoms with Crippen molar-refractivity contribution in [2.45, 2.75) is 6.23 Å². The summed E-state index contributed by atoms with van der Waals surface area (Å²) in [6, 6.07) is 0. The van der Waals surface area contributed by atoms with Crippen molar-refractivity contribution in [2.75, 3.05) is 0 Å². The van der Waals surface area contributed by atoms with Crippen LogP contribution in [0.25, 0.3) is 0 Å². The number of nitrogens with zero attached hydrogens (tertiary/aromatic N) is 2. The van der Waals surface area contributed by atoms with Gasteiger partial charge in [-0.05, 0) is 4.68 Å². The van der Waals surface area contributed by atoms with Crippen molar-refractivity contribution in [2.24, 2.45) is 5.10 Å². The molecule has 0 aromatic carbocycles. The Balaban J connectivity index is 2.42. The highest BCUT2D eigenvalue weighted by Gasteiger charge is 2.43. The van der Waals surface area contributed by atoms with E-state index in [0.717, 1.165) is 0 Å². The molecule has 2 aliphatic heterocycles. The molecule has 0 aromatic heterocycles. The lowest BCUT2D eigenvalue weighted by Crippen LogP contribution is -1.90. The normalized spacial score (nSPS) is 34.7. The smallest absolute Gasteiger partial charge is 0.407 e. The van der Waals surface area contributed by atoms with Crippen molar-refractivity contribution < 1.29 is 9.42 Å². The van der Waals surface area contributed by atoms with E-state index in [0.29, 0.717) is 0 Å². The highest BCUT2D eigenvalue weighted by Crippen LogP contribution is 2.08. The number of ether oxygens (including phenoxy) is 1. The van der Waals surface area contributed by atoms with Gasteiger partial charge in [0.15, 0.2) is 0 Å². The van der Waals surface area contributed by atoms with Crippen LogP contribution in [0.4, 0.5) is 0 Å². The molecule has 6 heavy (non-hydrogen) atoms. The topological polar surface area (TPSA) is 24.6 Å². The fourth-order valence-corrected chi connectivity index (χ4v) is 0.438. The van der Waals surface area contributed by atoms with Crippen LogP contribution >= 0.6 is 0 Å². The molecule has 0 amide bonds. The van der Waals surface area contributed by atoms with Gasteiger partial charge in [0, 0.05) is 5.10 Å². The molecular formula is C3H3N2O+. The second kappa shape index (κ2) is 0.489. The molecule has 0 aliphatic carbocycles. The lowest BCUT2D eigenvalue weighted by molar-refractivity contribution is -0.489. The summed E-state index contributed by atoms with van der Waals surface area (Å²) in [6.07, 6.45) is 3.54. The van der Waals surface area contributed by atoms with Gasteiger partial charge >= 0.3 is 6.23 Å². The Kier molecular flexibility index (Phi) is 0.190. The Morgan fingerprint density at radius 1 is 1.83 bits per heavy atom. The zero-order valence-electron chi connectivity index (χ0n) is 3.03. The van der Waals surface area contributed by atoms with Gasteiger partial charge in [0.1, 0.15) is 0 Å². The van der Waals surface area contributed by atoms with Gasteiger partial charge in [0.25, 0.3) is 6.21 Å². The summed E-state index contributed by atoms with van der Waals surface area (Å²) >= 11 is 0. The second-order valence-electron chi connectivity index (χ2n) is 1.28. The van der Waals surface area contributed by atoms with Crippen molar-refractivity contribution in [1.29, 1.82) is 0 Å². The highest BCUT2D eigenvalue weighted by atomic mass is 16.5. The Labute approximate surface area is 34.5 Å². The van der Waals surface area contributed by atoms with Crippen LogP contribution in [0.2, 0.25) is 0 Å². The summed E-state index contributed by atoms with van der Waals surface area (Å²) in [5, 5.41) is 3.74. The fraction of sp³-hybridized carbons (Fsp3) is 0.333. The lowest BCUT2D eigenvalue weighted by atomic mass is 10.9. The molecule has 0 bridgehead atoms. The summed E-state index contributed by atoms with van der Waals surface area (Å²) in [5.41, 5.74) is 0. The Morgan fingerprint density at radius 2 is 2.83 bits per heavy atom. The van der Waals surface area contributed by atoms with Crippen LogP contribution in [0.3, 0.4) is 0 Å². The van der Waals surface area contributed by atoms with E-state index in [1.807, 2.05) is 6.21 Å². The summed E-state index contributed by atoms with van der Waals surface area (Å²) in [6.45, 7) is 0. The van der Waals surface area contributed by atoms with Gasteiger partial charge in [0.05, 0.1) is 0 Å². The van der Waals surface area contributed by atoms with Crippen LogP contribution in [0.1, 0.15) is 0 Å². The number of hydrogen-bond donors (Lipinski definition) is 0. The summed E-state index contributed by atoms with van der Waals surface area (Å²) < 4.78 is 6.56. The molecule has 2 heterocycles. The van der Waals surface area contributed by atoms with Crippen LogP contribution in [0.5, 0.6) is 0 Å². The summed E-state index contributed by atoms with van der Waals surface area (Å²) in [7, 11) is 0. The third-order valence-electron chi connectivity index (χ3n) is 0.832. The van der Waals surface area contributed by atoms with Crippen LogP contribution in [-0.2, 0) is 4.74 Å². The van der Waals surface area contributed by atoms with E-state index in [-0.39, 0.29) is 6.23 Å². The van der Waals surface area contributed by atoms with E-state index in [4.69, 9.17) is 4.74 Å². The molecule has 3 nitrogen and oxygen atoms in total. The van der Waals surface area contributed by atoms with E-state index in [1.165, 1.54) is 6.40 Å². The minimum absolute atomic E-state index is 0.199. The van der Waals surface area contributed by atoms with Gasteiger partial charge in [-0.1, -0.05) is 0 Å². The Morgan fingerprint density at radius 3 is 3.00 bits per heavy atom. The largest absolute Gasteiger partial charge is 0.408 e. The van der Waals surface area contributed by atoms with Gasteiger partial charge in [-0.3, -0.25) is 0 Å². The molecule has 1 atom stereocenters. The molecule has 30 valence electrons. The predicted octanol–water partition coefficient (Wildman–Crippen LogP) is -0.617. The van der Waals surface area contributed by atoms with E-state index >= 15 is 0 Å². The van der Waals surface area contributed by atoms with Gasteiger partial charge in [0.2, 0.25) is 6.40 Å². The number of rotatable bonds is 0. The molecule has 3 heteroatoms. The third-order valence-corrected chi connectivity index (χ3v) is 0.832.